The zero-order valence-corrected chi connectivity index (χ0v) is 10.5. The molecule has 84 valence electrons. The minimum atomic E-state index is 0.619. The van der Waals surface area contributed by atoms with E-state index in [2.05, 4.69) is 30.8 Å². The highest BCUT2D eigenvalue weighted by atomic mass is 35.5. The number of aromatic nitrogens is 1. The molecule has 1 atom stereocenters. The lowest BCUT2D eigenvalue weighted by molar-refractivity contribution is 0.275. The molecule has 0 aliphatic rings. The van der Waals surface area contributed by atoms with Gasteiger partial charge in [-0.25, -0.2) is 4.98 Å². The summed E-state index contributed by atoms with van der Waals surface area (Å²) < 4.78 is 0. The average Bonchev–Trinajstić information content (AvgIpc) is 2.21. The zero-order valence-electron chi connectivity index (χ0n) is 9.70. The average molecular weight is 227 g/mol. The quantitative estimate of drug-likeness (QED) is 0.717. The van der Waals surface area contributed by atoms with Gasteiger partial charge in [0.15, 0.2) is 0 Å². The summed E-state index contributed by atoms with van der Waals surface area (Å²) in [5.74, 6) is 0.727. The number of hydrogen-bond donors (Lipinski definition) is 0. The maximum atomic E-state index is 6.00. The van der Waals surface area contributed by atoms with Crippen molar-refractivity contribution < 1.29 is 0 Å². The summed E-state index contributed by atoms with van der Waals surface area (Å²) in [6, 6.07) is 3.96. The molecule has 0 N–H and O–H groups in total. The monoisotopic (exact) mass is 226 g/mol. The fourth-order valence-electron chi connectivity index (χ4n) is 1.55. The maximum Gasteiger partial charge on any atom is 0.133 e. The first-order valence-electron chi connectivity index (χ1n) is 5.41. The van der Waals surface area contributed by atoms with Crippen LogP contribution in [0.4, 0.5) is 0 Å². The van der Waals surface area contributed by atoms with E-state index in [1.54, 1.807) is 6.20 Å². The molecular formula is C12H19ClN2. The largest absolute Gasteiger partial charge is 0.302 e. The van der Waals surface area contributed by atoms with Crippen LogP contribution in [0.15, 0.2) is 18.3 Å². The van der Waals surface area contributed by atoms with Crippen molar-refractivity contribution in [1.82, 2.24) is 9.88 Å². The highest BCUT2D eigenvalue weighted by molar-refractivity contribution is 6.30. The third-order valence-corrected chi connectivity index (χ3v) is 2.94. The Labute approximate surface area is 97.3 Å². The molecule has 15 heavy (non-hydrogen) atoms. The van der Waals surface area contributed by atoms with Crippen LogP contribution in [0, 0.1) is 5.92 Å². The van der Waals surface area contributed by atoms with Crippen molar-refractivity contribution in [3.8, 4) is 0 Å². The molecule has 0 aromatic carbocycles. The van der Waals surface area contributed by atoms with Crippen LogP contribution in [0.1, 0.15) is 25.8 Å². The lowest BCUT2D eigenvalue weighted by atomic mass is 10.1. The molecule has 3 heteroatoms. The molecule has 2 nitrogen and oxygen atoms in total. The lowest BCUT2D eigenvalue weighted by Crippen LogP contribution is -2.23. The first-order chi connectivity index (χ1) is 7.13. The van der Waals surface area contributed by atoms with Crippen LogP contribution in [-0.2, 0) is 6.54 Å². The van der Waals surface area contributed by atoms with E-state index in [4.69, 9.17) is 11.6 Å². The molecule has 0 fully saturated rings. The van der Waals surface area contributed by atoms with Crippen LogP contribution in [0.5, 0.6) is 0 Å². The standard InChI is InChI=1S/C12H19ClN2/c1-4-10(2)8-15(3)9-11-6-5-7-14-12(11)13/h5-7,10H,4,8-9H2,1-3H3. The Kier molecular flexibility index (Phi) is 5.06. The van der Waals surface area contributed by atoms with Crippen molar-refractivity contribution in [2.75, 3.05) is 13.6 Å². The minimum Gasteiger partial charge on any atom is -0.302 e. The van der Waals surface area contributed by atoms with Gasteiger partial charge >= 0.3 is 0 Å². The van der Waals surface area contributed by atoms with Crippen LogP contribution in [0.3, 0.4) is 0 Å². The lowest BCUT2D eigenvalue weighted by Gasteiger charge is -2.20. The van der Waals surface area contributed by atoms with Crippen LogP contribution < -0.4 is 0 Å². The molecule has 1 heterocycles. The fourth-order valence-corrected chi connectivity index (χ4v) is 1.73. The zero-order chi connectivity index (χ0) is 11.3. The van der Waals surface area contributed by atoms with Crippen LogP contribution in [0.25, 0.3) is 0 Å². The van der Waals surface area contributed by atoms with Crippen LogP contribution in [0.2, 0.25) is 5.15 Å². The number of halogens is 1. The van der Waals surface area contributed by atoms with Gasteiger partial charge in [0.05, 0.1) is 0 Å². The Bertz CT molecular complexity index is 301. The van der Waals surface area contributed by atoms with E-state index in [-0.39, 0.29) is 0 Å². The summed E-state index contributed by atoms with van der Waals surface area (Å²) in [4.78, 5) is 6.36. The van der Waals surface area contributed by atoms with Crippen molar-refractivity contribution >= 4 is 11.6 Å². The minimum absolute atomic E-state index is 0.619. The molecule has 0 aliphatic heterocycles. The molecule has 1 rings (SSSR count). The molecule has 1 unspecified atom stereocenters. The SMILES string of the molecule is CCC(C)CN(C)Cc1cccnc1Cl. The molecule has 0 amide bonds. The summed E-state index contributed by atoms with van der Waals surface area (Å²) in [7, 11) is 2.12. The topological polar surface area (TPSA) is 16.1 Å². The van der Waals surface area contributed by atoms with Gasteiger partial charge in [-0.15, -0.1) is 0 Å². The van der Waals surface area contributed by atoms with E-state index >= 15 is 0 Å². The molecule has 0 saturated carbocycles. The summed E-state index contributed by atoms with van der Waals surface area (Å²) in [5, 5.41) is 0.619. The van der Waals surface area contributed by atoms with Gasteiger partial charge in [-0.3, -0.25) is 0 Å². The maximum absolute atomic E-state index is 6.00. The number of hydrogen-bond acceptors (Lipinski definition) is 2. The van der Waals surface area contributed by atoms with E-state index < -0.39 is 0 Å². The van der Waals surface area contributed by atoms with Crippen molar-refractivity contribution in [1.29, 1.82) is 0 Å². The molecule has 0 radical (unpaired) electrons. The Balaban J connectivity index is 2.51. The van der Waals surface area contributed by atoms with Gasteiger partial charge in [0.2, 0.25) is 0 Å². The normalized spacial score (nSPS) is 13.1. The van der Waals surface area contributed by atoms with Crippen LogP contribution >= 0.6 is 11.6 Å². The van der Waals surface area contributed by atoms with Gasteiger partial charge in [-0.05, 0) is 19.0 Å². The van der Waals surface area contributed by atoms with E-state index in [1.807, 2.05) is 12.1 Å². The second-order valence-corrected chi connectivity index (χ2v) is 4.52. The Morgan fingerprint density at radius 2 is 2.27 bits per heavy atom. The van der Waals surface area contributed by atoms with E-state index in [1.165, 1.54) is 6.42 Å². The fraction of sp³-hybridized carbons (Fsp3) is 0.583. The molecule has 0 saturated heterocycles. The first-order valence-corrected chi connectivity index (χ1v) is 5.79. The van der Waals surface area contributed by atoms with E-state index in [0.29, 0.717) is 5.15 Å². The number of rotatable bonds is 5. The first kappa shape index (κ1) is 12.5. The smallest absolute Gasteiger partial charge is 0.133 e. The Morgan fingerprint density at radius 3 is 2.87 bits per heavy atom. The van der Waals surface area contributed by atoms with E-state index in [0.717, 1.165) is 24.6 Å². The van der Waals surface area contributed by atoms with E-state index in [9.17, 15) is 0 Å². The van der Waals surface area contributed by atoms with Crippen LogP contribution in [-0.4, -0.2) is 23.5 Å². The highest BCUT2D eigenvalue weighted by Crippen LogP contribution is 2.14. The molecule has 0 bridgehead atoms. The summed E-state index contributed by atoms with van der Waals surface area (Å²) in [6.45, 7) is 6.45. The van der Waals surface area contributed by atoms with Gasteiger partial charge in [-0.1, -0.05) is 37.9 Å². The third-order valence-electron chi connectivity index (χ3n) is 2.60. The molecule has 1 aromatic heterocycles. The van der Waals surface area contributed by atoms with Gasteiger partial charge in [0.1, 0.15) is 5.15 Å². The molecule has 0 aliphatic carbocycles. The Hall–Kier alpha value is -0.600. The number of pyridine rings is 1. The highest BCUT2D eigenvalue weighted by Gasteiger charge is 2.07. The van der Waals surface area contributed by atoms with Gasteiger partial charge < -0.3 is 4.90 Å². The Morgan fingerprint density at radius 1 is 1.53 bits per heavy atom. The summed E-state index contributed by atoms with van der Waals surface area (Å²) in [6.07, 6.45) is 2.94. The molecule has 0 spiro atoms. The second-order valence-electron chi connectivity index (χ2n) is 4.16. The second kappa shape index (κ2) is 6.09. The summed E-state index contributed by atoms with van der Waals surface area (Å²) in [5.41, 5.74) is 1.10. The molecule has 1 aromatic rings. The van der Waals surface area contributed by atoms with Crippen molar-refractivity contribution in [3.05, 3.63) is 29.0 Å². The summed E-state index contributed by atoms with van der Waals surface area (Å²) >= 11 is 6.00. The van der Waals surface area contributed by atoms with Gasteiger partial charge in [-0.2, -0.15) is 0 Å². The van der Waals surface area contributed by atoms with Crippen molar-refractivity contribution in [2.45, 2.75) is 26.8 Å². The van der Waals surface area contributed by atoms with Crippen molar-refractivity contribution in [3.63, 3.8) is 0 Å². The number of nitrogens with zero attached hydrogens (tertiary/aromatic N) is 2. The third kappa shape index (κ3) is 4.18. The predicted molar refractivity (Wildman–Crippen MR) is 65.0 cm³/mol. The van der Waals surface area contributed by atoms with Crippen molar-refractivity contribution in [2.24, 2.45) is 5.92 Å². The van der Waals surface area contributed by atoms with Gasteiger partial charge in [0.25, 0.3) is 0 Å². The predicted octanol–water partition coefficient (Wildman–Crippen LogP) is 3.21. The van der Waals surface area contributed by atoms with Gasteiger partial charge in [0, 0.05) is 24.8 Å². The molecular weight excluding hydrogens is 208 g/mol.